The van der Waals surface area contributed by atoms with E-state index in [-0.39, 0.29) is 11.7 Å². The van der Waals surface area contributed by atoms with E-state index in [9.17, 15) is 0 Å². The molecule has 1 aromatic heterocycles. The Bertz CT molecular complexity index is 1290. The van der Waals surface area contributed by atoms with E-state index in [2.05, 4.69) is 0 Å². The molecule has 0 aliphatic carbocycles. The van der Waals surface area contributed by atoms with Crippen LogP contribution in [-0.2, 0) is 0 Å². The monoisotopic (exact) mass is 470 g/mol. The molecule has 0 saturated carbocycles. The minimum absolute atomic E-state index is 0.0433. The highest BCUT2D eigenvalue weighted by molar-refractivity contribution is 5.99. The Morgan fingerprint density at radius 3 is 1.77 bits per heavy atom. The Morgan fingerprint density at radius 1 is 0.657 bits per heavy atom. The van der Waals surface area contributed by atoms with Crippen LogP contribution in [0.1, 0.15) is 36.8 Å². The molecular weight excluding hydrogens is 440 g/mol. The minimum atomic E-state index is 0.0433. The summed E-state index contributed by atoms with van der Waals surface area (Å²) in [6.07, 6.45) is 4.11. The number of fused-ring (bicyclic) bond motifs is 1. The van der Waals surface area contributed by atoms with E-state index < -0.39 is 0 Å². The van der Waals surface area contributed by atoms with Crippen LogP contribution in [0.4, 0.5) is 0 Å². The van der Waals surface area contributed by atoms with Gasteiger partial charge in [0.2, 0.25) is 0 Å². The van der Waals surface area contributed by atoms with Crippen molar-refractivity contribution in [2.24, 2.45) is 11.5 Å². The maximum absolute atomic E-state index is 7.58. The molecule has 180 valence electrons. The smallest absolute Gasteiger partial charge is 0.135 e. The van der Waals surface area contributed by atoms with Crippen molar-refractivity contribution >= 4 is 22.6 Å². The first kappa shape index (κ1) is 23.9. The number of ether oxygens (including phenoxy) is 2. The Morgan fingerprint density at radius 2 is 1.20 bits per heavy atom. The van der Waals surface area contributed by atoms with E-state index >= 15 is 0 Å². The lowest BCUT2D eigenvalue weighted by Crippen LogP contribution is -2.10. The molecular formula is C28H30N4O3. The summed E-state index contributed by atoms with van der Waals surface area (Å²) in [4.78, 5) is 0. The number of hydrogen-bond donors (Lipinski definition) is 4. The molecule has 0 unspecified atom stereocenters. The van der Waals surface area contributed by atoms with Crippen molar-refractivity contribution in [2.75, 3.05) is 13.2 Å². The maximum atomic E-state index is 7.58. The molecule has 0 bridgehead atoms. The quantitative estimate of drug-likeness (QED) is 0.120. The van der Waals surface area contributed by atoms with Crippen molar-refractivity contribution in [2.45, 2.75) is 25.7 Å². The van der Waals surface area contributed by atoms with Gasteiger partial charge in [-0.3, -0.25) is 10.8 Å². The minimum Gasteiger partial charge on any atom is -0.494 e. The van der Waals surface area contributed by atoms with Crippen LogP contribution < -0.4 is 20.9 Å². The van der Waals surface area contributed by atoms with Crippen LogP contribution in [0.3, 0.4) is 0 Å². The molecule has 0 aliphatic rings. The molecule has 0 spiro atoms. The van der Waals surface area contributed by atoms with Crippen LogP contribution in [0.25, 0.3) is 22.3 Å². The Hall–Kier alpha value is -4.26. The number of furan rings is 1. The van der Waals surface area contributed by atoms with E-state index in [1.807, 2.05) is 54.6 Å². The number of rotatable bonds is 12. The van der Waals surface area contributed by atoms with Crippen LogP contribution in [-0.4, -0.2) is 24.9 Å². The molecule has 7 nitrogen and oxygen atoms in total. The third kappa shape index (κ3) is 6.41. The third-order valence-electron chi connectivity index (χ3n) is 5.71. The van der Waals surface area contributed by atoms with Gasteiger partial charge in [0.05, 0.1) is 13.2 Å². The van der Waals surface area contributed by atoms with Gasteiger partial charge in [-0.15, -0.1) is 0 Å². The highest BCUT2D eigenvalue weighted by atomic mass is 16.5. The second-order valence-corrected chi connectivity index (χ2v) is 8.35. The topological polar surface area (TPSA) is 131 Å². The molecule has 0 aliphatic heterocycles. The normalized spacial score (nSPS) is 10.9. The van der Waals surface area contributed by atoms with Gasteiger partial charge in [0.1, 0.15) is 34.5 Å². The summed E-state index contributed by atoms with van der Waals surface area (Å²) in [6.45, 7) is 1.34. The molecule has 0 saturated heterocycles. The van der Waals surface area contributed by atoms with Gasteiger partial charge in [-0.05, 0) is 98.5 Å². The summed E-state index contributed by atoms with van der Waals surface area (Å²) in [5.41, 5.74) is 14.1. The first-order chi connectivity index (χ1) is 17.0. The summed E-state index contributed by atoms with van der Waals surface area (Å²) >= 11 is 0. The van der Waals surface area contributed by atoms with Gasteiger partial charge < -0.3 is 25.4 Å². The molecule has 0 amide bonds. The molecule has 6 N–H and O–H groups in total. The number of amidine groups is 2. The first-order valence-corrected chi connectivity index (χ1v) is 11.7. The van der Waals surface area contributed by atoms with Gasteiger partial charge in [0.25, 0.3) is 0 Å². The SMILES string of the molecule is N=C(N)c1ccc(OCCCCCCOc2ccc(-c3cc4cc(C(=N)N)ccc4o3)cc2)cc1. The Labute approximate surface area is 204 Å². The van der Waals surface area contributed by atoms with E-state index in [4.69, 9.17) is 36.2 Å². The van der Waals surface area contributed by atoms with E-state index in [1.165, 1.54) is 0 Å². The predicted octanol–water partition coefficient (Wildman–Crippen LogP) is 5.69. The van der Waals surface area contributed by atoms with Gasteiger partial charge in [0.15, 0.2) is 0 Å². The summed E-state index contributed by atoms with van der Waals surface area (Å²) in [5.74, 6) is 2.50. The van der Waals surface area contributed by atoms with Crippen LogP contribution in [0.5, 0.6) is 11.5 Å². The van der Waals surface area contributed by atoms with Crippen molar-refractivity contribution < 1.29 is 13.9 Å². The number of unbranched alkanes of at least 4 members (excludes halogenated alkanes) is 3. The molecule has 4 rings (SSSR count). The predicted molar refractivity (Wildman–Crippen MR) is 140 cm³/mol. The van der Waals surface area contributed by atoms with Gasteiger partial charge in [0, 0.05) is 22.1 Å². The van der Waals surface area contributed by atoms with E-state index in [0.29, 0.717) is 24.3 Å². The average molecular weight is 471 g/mol. The van der Waals surface area contributed by atoms with Crippen molar-refractivity contribution in [3.05, 3.63) is 83.9 Å². The highest BCUT2D eigenvalue weighted by Gasteiger charge is 2.08. The third-order valence-corrected chi connectivity index (χ3v) is 5.71. The summed E-state index contributed by atoms with van der Waals surface area (Å²) in [6, 6.07) is 22.6. The highest BCUT2D eigenvalue weighted by Crippen LogP contribution is 2.29. The average Bonchev–Trinajstić information content (AvgIpc) is 3.30. The zero-order valence-corrected chi connectivity index (χ0v) is 19.6. The molecule has 0 atom stereocenters. The molecule has 0 fully saturated rings. The number of hydrogen-bond acceptors (Lipinski definition) is 5. The molecule has 7 heteroatoms. The maximum Gasteiger partial charge on any atom is 0.135 e. The lowest BCUT2D eigenvalue weighted by molar-refractivity contribution is 0.287. The summed E-state index contributed by atoms with van der Waals surface area (Å²) in [5, 5.41) is 15.9. The number of benzene rings is 3. The Kier molecular flexibility index (Phi) is 7.67. The summed E-state index contributed by atoms with van der Waals surface area (Å²) in [7, 11) is 0. The van der Waals surface area contributed by atoms with Gasteiger partial charge in [-0.1, -0.05) is 0 Å². The van der Waals surface area contributed by atoms with Crippen LogP contribution in [0.2, 0.25) is 0 Å². The number of nitrogens with one attached hydrogen (secondary N) is 2. The Balaban J connectivity index is 1.15. The fraction of sp³-hybridized carbons (Fsp3) is 0.214. The lowest BCUT2D eigenvalue weighted by atomic mass is 10.1. The molecule has 1 heterocycles. The van der Waals surface area contributed by atoms with Gasteiger partial charge in [-0.2, -0.15) is 0 Å². The van der Waals surface area contributed by atoms with Crippen LogP contribution in [0, 0.1) is 10.8 Å². The molecule has 0 radical (unpaired) electrons. The molecule has 35 heavy (non-hydrogen) atoms. The van der Waals surface area contributed by atoms with E-state index in [1.54, 1.807) is 18.2 Å². The standard InChI is InChI=1S/C28H30N4O3/c29-27(30)20-7-12-24(13-8-20)34-16-4-2-1-3-15-33-23-10-5-19(6-11-23)26-18-22-17-21(28(31)32)9-14-25(22)35-26/h5-14,17-18H,1-4,15-16H2,(H3,29,30)(H3,31,32). The van der Waals surface area contributed by atoms with Crippen molar-refractivity contribution in [1.82, 2.24) is 0 Å². The number of nitrogens with two attached hydrogens (primary N) is 2. The zero-order chi connectivity index (χ0) is 24.6. The first-order valence-electron chi connectivity index (χ1n) is 11.7. The lowest BCUT2D eigenvalue weighted by Gasteiger charge is -2.08. The van der Waals surface area contributed by atoms with E-state index in [0.717, 1.165) is 59.5 Å². The van der Waals surface area contributed by atoms with Crippen molar-refractivity contribution in [3.8, 4) is 22.8 Å². The van der Waals surface area contributed by atoms with Crippen LogP contribution in [0.15, 0.2) is 77.2 Å². The number of nitrogen functional groups attached to an aromatic ring is 2. The fourth-order valence-electron chi connectivity index (χ4n) is 3.74. The second kappa shape index (κ2) is 11.2. The zero-order valence-electron chi connectivity index (χ0n) is 19.6. The van der Waals surface area contributed by atoms with Gasteiger partial charge >= 0.3 is 0 Å². The molecule has 4 aromatic rings. The van der Waals surface area contributed by atoms with Crippen molar-refractivity contribution in [1.29, 1.82) is 10.8 Å². The van der Waals surface area contributed by atoms with Gasteiger partial charge in [-0.25, -0.2) is 0 Å². The largest absolute Gasteiger partial charge is 0.494 e. The molecule has 3 aromatic carbocycles. The van der Waals surface area contributed by atoms with Crippen molar-refractivity contribution in [3.63, 3.8) is 0 Å². The fourth-order valence-corrected chi connectivity index (χ4v) is 3.74. The summed E-state index contributed by atoms with van der Waals surface area (Å²) < 4.78 is 17.6. The van der Waals surface area contributed by atoms with Crippen LogP contribution >= 0.6 is 0 Å². The second-order valence-electron chi connectivity index (χ2n) is 8.35.